The molecule has 0 radical (unpaired) electrons. The molecule has 1 atom stereocenters. The van der Waals surface area contributed by atoms with Gasteiger partial charge in [-0.1, -0.05) is 12.1 Å². The lowest BCUT2D eigenvalue weighted by Crippen LogP contribution is -2.47. The van der Waals surface area contributed by atoms with E-state index in [1.165, 1.54) is 18.5 Å². The third-order valence-corrected chi connectivity index (χ3v) is 3.89. The quantitative estimate of drug-likeness (QED) is 0.851. The number of carbonyl (C=O) groups is 1. The average molecular weight is 245 g/mol. The van der Waals surface area contributed by atoms with Gasteiger partial charge in [-0.25, -0.2) is 0 Å². The molecule has 1 aromatic carbocycles. The molecule has 2 heterocycles. The van der Waals surface area contributed by atoms with Crippen LogP contribution in [0.3, 0.4) is 0 Å². The van der Waals surface area contributed by atoms with Crippen molar-refractivity contribution in [1.82, 2.24) is 5.32 Å². The van der Waals surface area contributed by atoms with Gasteiger partial charge in [-0.15, -0.1) is 0 Å². The zero-order valence-corrected chi connectivity index (χ0v) is 10.7. The van der Waals surface area contributed by atoms with Gasteiger partial charge in [0.2, 0.25) is 5.91 Å². The van der Waals surface area contributed by atoms with Gasteiger partial charge >= 0.3 is 0 Å². The van der Waals surface area contributed by atoms with Crippen LogP contribution < -0.4 is 15.1 Å². The lowest BCUT2D eigenvalue weighted by Gasteiger charge is -2.36. The van der Waals surface area contributed by atoms with E-state index >= 15 is 0 Å². The minimum atomic E-state index is 0.173. The fraction of sp³-hybridized carbons (Fsp3) is 0.500. The maximum atomic E-state index is 12.0. The fourth-order valence-corrected chi connectivity index (χ4v) is 2.85. The third kappa shape index (κ3) is 1.97. The van der Waals surface area contributed by atoms with E-state index in [0.29, 0.717) is 12.6 Å². The summed E-state index contributed by atoms with van der Waals surface area (Å²) in [5, 5.41) is 3.49. The van der Waals surface area contributed by atoms with Crippen molar-refractivity contribution >= 4 is 17.3 Å². The molecule has 18 heavy (non-hydrogen) atoms. The Kier molecular flexibility index (Phi) is 2.96. The largest absolute Gasteiger partial charge is 0.359 e. The fourth-order valence-electron chi connectivity index (χ4n) is 2.85. The van der Waals surface area contributed by atoms with Gasteiger partial charge in [0.25, 0.3) is 0 Å². The van der Waals surface area contributed by atoms with Crippen LogP contribution in [0.15, 0.2) is 24.3 Å². The van der Waals surface area contributed by atoms with Crippen LogP contribution in [0, 0.1) is 0 Å². The van der Waals surface area contributed by atoms with Crippen molar-refractivity contribution in [3.63, 3.8) is 0 Å². The first-order valence-electron chi connectivity index (χ1n) is 6.59. The minimum absolute atomic E-state index is 0.173. The molecule has 1 unspecified atom stereocenters. The maximum absolute atomic E-state index is 12.0. The van der Waals surface area contributed by atoms with Gasteiger partial charge in [0, 0.05) is 19.6 Å². The van der Waals surface area contributed by atoms with Crippen molar-refractivity contribution in [3.05, 3.63) is 24.3 Å². The van der Waals surface area contributed by atoms with E-state index in [-0.39, 0.29) is 5.91 Å². The monoisotopic (exact) mass is 245 g/mol. The highest BCUT2D eigenvalue weighted by Gasteiger charge is 2.28. The Morgan fingerprint density at radius 1 is 1.33 bits per heavy atom. The molecule has 2 aliphatic rings. The molecule has 1 saturated heterocycles. The number of hydrogen-bond donors (Lipinski definition) is 1. The van der Waals surface area contributed by atoms with Gasteiger partial charge in [0.05, 0.1) is 17.9 Å². The predicted octanol–water partition coefficient (Wildman–Crippen LogP) is 1.22. The van der Waals surface area contributed by atoms with Gasteiger partial charge in [-0.05, 0) is 31.5 Å². The molecule has 1 amide bonds. The Labute approximate surface area is 108 Å². The SMILES string of the molecule is CN1C(=O)CN(CC2CCCN2)c2ccccc21. The van der Waals surface area contributed by atoms with E-state index in [1.807, 2.05) is 25.2 Å². The smallest absolute Gasteiger partial charge is 0.246 e. The van der Waals surface area contributed by atoms with Crippen LogP contribution in [0.25, 0.3) is 0 Å². The summed E-state index contributed by atoms with van der Waals surface area (Å²) in [6, 6.07) is 8.67. The van der Waals surface area contributed by atoms with Crippen LogP contribution in [0.5, 0.6) is 0 Å². The van der Waals surface area contributed by atoms with Gasteiger partial charge in [0.1, 0.15) is 0 Å². The van der Waals surface area contributed by atoms with E-state index < -0.39 is 0 Å². The van der Waals surface area contributed by atoms with Crippen molar-refractivity contribution in [2.75, 3.05) is 36.5 Å². The maximum Gasteiger partial charge on any atom is 0.246 e. The molecule has 1 aromatic rings. The summed E-state index contributed by atoms with van der Waals surface area (Å²) in [7, 11) is 1.85. The van der Waals surface area contributed by atoms with Crippen molar-refractivity contribution in [2.45, 2.75) is 18.9 Å². The number of nitrogens with zero attached hydrogens (tertiary/aromatic N) is 2. The molecule has 3 rings (SSSR count). The molecule has 0 aromatic heterocycles. The molecule has 1 fully saturated rings. The topological polar surface area (TPSA) is 35.6 Å². The van der Waals surface area contributed by atoms with Crippen LogP contribution in [-0.2, 0) is 4.79 Å². The number of benzene rings is 1. The summed E-state index contributed by atoms with van der Waals surface area (Å²) in [6.07, 6.45) is 2.46. The number of nitrogens with one attached hydrogen (secondary N) is 1. The third-order valence-electron chi connectivity index (χ3n) is 3.89. The molecule has 0 spiro atoms. The van der Waals surface area contributed by atoms with E-state index in [1.54, 1.807) is 4.90 Å². The second-order valence-electron chi connectivity index (χ2n) is 5.12. The number of para-hydroxylation sites is 2. The summed E-state index contributed by atoms with van der Waals surface area (Å²) >= 11 is 0. The summed E-state index contributed by atoms with van der Waals surface area (Å²) in [4.78, 5) is 16.0. The van der Waals surface area contributed by atoms with Crippen molar-refractivity contribution in [2.24, 2.45) is 0 Å². The Morgan fingerprint density at radius 2 is 2.11 bits per heavy atom. The normalized spacial score (nSPS) is 23.4. The first-order valence-corrected chi connectivity index (χ1v) is 6.59. The van der Waals surface area contributed by atoms with Gasteiger partial charge in [-0.2, -0.15) is 0 Å². The summed E-state index contributed by atoms with van der Waals surface area (Å²) in [6.45, 7) is 2.52. The highest BCUT2D eigenvalue weighted by molar-refractivity contribution is 6.02. The average Bonchev–Trinajstić information content (AvgIpc) is 2.89. The Hall–Kier alpha value is -1.55. The van der Waals surface area contributed by atoms with Crippen LogP contribution in [0.2, 0.25) is 0 Å². The van der Waals surface area contributed by atoms with Crippen molar-refractivity contribution in [3.8, 4) is 0 Å². The number of amides is 1. The van der Waals surface area contributed by atoms with Crippen molar-refractivity contribution in [1.29, 1.82) is 0 Å². The number of rotatable bonds is 2. The van der Waals surface area contributed by atoms with E-state index in [2.05, 4.69) is 16.3 Å². The zero-order chi connectivity index (χ0) is 12.5. The van der Waals surface area contributed by atoms with Gasteiger partial charge < -0.3 is 15.1 Å². The Bertz CT molecular complexity index is 454. The molecular weight excluding hydrogens is 226 g/mol. The lowest BCUT2D eigenvalue weighted by atomic mass is 10.1. The molecule has 0 aliphatic carbocycles. The number of hydrogen-bond acceptors (Lipinski definition) is 3. The Morgan fingerprint density at radius 3 is 2.83 bits per heavy atom. The van der Waals surface area contributed by atoms with E-state index in [4.69, 9.17) is 0 Å². The van der Waals surface area contributed by atoms with Gasteiger partial charge in [0.15, 0.2) is 0 Å². The molecule has 4 nitrogen and oxygen atoms in total. The second-order valence-corrected chi connectivity index (χ2v) is 5.12. The highest BCUT2D eigenvalue weighted by Crippen LogP contribution is 2.32. The molecule has 96 valence electrons. The zero-order valence-electron chi connectivity index (χ0n) is 10.7. The lowest BCUT2D eigenvalue weighted by molar-refractivity contribution is -0.117. The number of anilines is 2. The second kappa shape index (κ2) is 4.61. The van der Waals surface area contributed by atoms with Crippen LogP contribution in [-0.4, -0.2) is 38.6 Å². The summed E-state index contributed by atoms with van der Waals surface area (Å²) in [5.74, 6) is 0.173. The first kappa shape index (κ1) is 11.5. The molecule has 1 N–H and O–H groups in total. The van der Waals surface area contributed by atoms with Crippen LogP contribution in [0.4, 0.5) is 11.4 Å². The molecular formula is C14H19N3O. The van der Waals surface area contributed by atoms with Crippen LogP contribution in [0.1, 0.15) is 12.8 Å². The first-order chi connectivity index (χ1) is 8.75. The number of fused-ring (bicyclic) bond motifs is 1. The summed E-state index contributed by atoms with van der Waals surface area (Å²) in [5.41, 5.74) is 2.19. The Balaban J connectivity index is 1.86. The molecule has 0 bridgehead atoms. The highest BCUT2D eigenvalue weighted by atomic mass is 16.2. The van der Waals surface area contributed by atoms with Crippen molar-refractivity contribution < 1.29 is 4.79 Å². The molecule has 0 saturated carbocycles. The number of carbonyl (C=O) groups excluding carboxylic acids is 1. The predicted molar refractivity (Wildman–Crippen MR) is 73.1 cm³/mol. The minimum Gasteiger partial charge on any atom is -0.359 e. The standard InChI is InChI=1S/C14H19N3O/c1-16-12-6-2-3-7-13(12)17(10-14(16)18)9-11-5-4-8-15-11/h2-3,6-7,11,15H,4-5,8-10H2,1H3. The number of likely N-dealkylation sites (N-methyl/N-ethyl adjacent to an activating group) is 1. The van der Waals surface area contributed by atoms with E-state index in [0.717, 1.165) is 18.8 Å². The molecule has 4 heteroatoms. The van der Waals surface area contributed by atoms with Crippen LogP contribution >= 0.6 is 0 Å². The van der Waals surface area contributed by atoms with Gasteiger partial charge in [-0.3, -0.25) is 4.79 Å². The summed E-state index contributed by atoms with van der Waals surface area (Å²) < 4.78 is 0. The van der Waals surface area contributed by atoms with E-state index in [9.17, 15) is 4.79 Å². The molecule has 2 aliphatic heterocycles.